The molecule has 0 aromatic heterocycles. The lowest BCUT2D eigenvalue weighted by atomic mass is 10.0. The largest absolute Gasteiger partial charge is 0.280 e. The maximum Gasteiger partial charge on any atom is 0.235 e. The van der Waals surface area contributed by atoms with Gasteiger partial charge in [0.05, 0.1) is 10.9 Å². The lowest BCUT2D eigenvalue weighted by Crippen LogP contribution is -2.20. The molecule has 0 bridgehead atoms. The maximum atomic E-state index is 14.2. The van der Waals surface area contributed by atoms with Gasteiger partial charge in [0, 0.05) is 21.6 Å². The van der Waals surface area contributed by atoms with Crippen LogP contribution < -0.4 is 4.72 Å². The molecule has 2 aromatic carbocycles. The number of anilines is 1. The van der Waals surface area contributed by atoms with E-state index in [1.54, 1.807) is 6.07 Å². The van der Waals surface area contributed by atoms with Gasteiger partial charge in [-0.05, 0) is 53.1 Å². The van der Waals surface area contributed by atoms with Crippen LogP contribution in [-0.2, 0) is 16.4 Å². The Balaban J connectivity index is 2.07. The highest BCUT2D eigenvalue weighted by Crippen LogP contribution is 2.34. The quantitative estimate of drug-likeness (QED) is 0.389. The summed E-state index contributed by atoms with van der Waals surface area (Å²) < 4.78 is 82.7. The van der Waals surface area contributed by atoms with Crippen LogP contribution in [0, 0.1) is 26.8 Å². The molecule has 1 aliphatic carbocycles. The van der Waals surface area contributed by atoms with E-state index in [-0.39, 0.29) is 11.6 Å². The molecule has 25 heavy (non-hydrogen) atoms. The van der Waals surface area contributed by atoms with E-state index in [2.05, 4.69) is 0 Å². The Morgan fingerprint density at radius 3 is 2.32 bits per heavy atom. The lowest BCUT2D eigenvalue weighted by Gasteiger charge is -2.15. The lowest BCUT2D eigenvalue weighted by molar-refractivity contribution is 0.487. The third-order valence-electron chi connectivity index (χ3n) is 3.86. The monoisotopic (exact) mass is 485 g/mol. The predicted octanol–water partition coefficient (Wildman–Crippen LogP) is 4.34. The first-order chi connectivity index (χ1) is 11.7. The van der Waals surface area contributed by atoms with Crippen molar-refractivity contribution in [3.8, 4) is 0 Å². The third-order valence-corrected chi connectivity index (χ3v) is 6.37. The molecule has 9 heteroatoms. The molecule has 3 nitrogen and oxygen atoms in total. The maximum absolute atomic E-state index is 14.2. The van der Waals surface area contributed by atoms with Crippen LogP contribution in [0.15, 0.2) is 24.3 Å². The number of nitrogens with one attached hydrogen (secondary N) is 1. The van der Waals surface area contributed by atoms with Crippen molar-refractivity contribution in [1.29, 1.82) is 0 Å². The summed E-state index contributed by atoms with van der Waals surface area (Å²) in [5.74, 6) is -4.79. The molecule has 0 saturated heterocycles. The van der Waals surface area contributed by atoms with Gasteiger partial charge in [0.15, 0.2) is 17.5 Å². The van der Waals surface area contributed by atoms with Gasteiger partial charge in [-0.15, -0.1) is 0 Å². The average Bonchev–Trinajstić information content (AvgIpc) is 3.35. The highest BCUT2D eigenvalue weighted by molar-refractivity contribution is 14.1. The van der Waals surface area contributed by atoms with Gasteiger partial charge < -0.3 is 0 Å². The highest BCUT2D eigenvalue weighted by atomic mass is 127. The van der Waals surface area contributed by atoms with Crippen molar-refractivity contribution in [2.75, 3.05) is 4.72 Å². The molecule has 0 aliphatic heterocycles. The van der Waals surface area contributed by atoms with Crippen LogP contribution in [0.3, 0.4) is 0 Å². The van der Waals surface area contributed by atoms with Gasteiger partial charge in [-0.3, -0.25) is 4.72 Å². The number of hydrogen-bond acceptors (Lipinski definition) is 2. The SMILES string of the molecule is O=S(=O)(Nc1c(F)cc(F)c(F)c1Cc1ccc(I)cc1F)C1CC1. The number of halogens is 5. The van der Waals surface area contributed by atoms with Crippen LogP contribution >= 0.6 is 22.6 Å². The summed E-state index contributed by atoms with van der Waals surface area (Å²) in [7, 11) is -3.90. The van der Waals surface area contributed by atoms with Gasteiger partial charge in [0.2, 0.25) is 10.0 Å². The zero-order valence-electron chi connectivity index (χ0n) is 12.6. The Morgan fingerprint density at radius 2 is 1.72 bits per heavy atom. The van der Waals surface area contributed by atoms with Gasteiger partial charge in [0.1, 0.15) is 5.82 Å². The summed E-state index contributed by atoms with van der Waals surface area (Å²) in [6.07, 6.45) is 0.342. The Kier molecular flexibility index (Phi) is 4.97. The first kappa shape index (κ1) is 18.4. The normalized spacial score (nSPS) is 14.6. The summed E-state index contributed by atoms with van der Waals surface area (Å²) >= 11 is 1.88. The number of hydrogen-bond donors (Lipinski definition) is 1. The second-order valence-corrected chi connectivity index (χ2v) is 8.97. The van der Waals surface area contributed by atoms with Crippen LogP contribution in [0.4, 0.5) is 23.2 Å². The van der Waals surface area contributed by atoms with Crippen molar-refractivity contribution in [2.24, 2.45) is 0 Å². The van der Waals surface area contributed by atoms with E-state index >= 15 is 0 Å². The molecule has 1 fully saturated rings. The van der Waals surface area contributed by atoms with Crippen molar-refractivity contribution in [3.05, 3.63) is 62.2 Å². The molecule has 134 valence electrons. The summed E-state index contributed by atoms with van der Waals surface area (Å²) in [5, 5.41) is -0.678. The summed E-state index contributed by atoms with van der Waals surface area (Å²) in [6.45, 7) is 0. The zero-order valence-corrected chi connectivity index (χ0v) is 15.6. The van der Waals surface area contributed by atoms with Gasteiger partial charge in [-0.25, -0.2) is 26.0 Å². The molecule has 0 spiro atoms. The molecule has 2 aromatic rings. The second-order valence-electron chi connectivity index (χ2n) is 5.77. The molecular weight excluding hydrogens is 473 g/mol. The van der Waals surface area contributed by atoms with Gasteiger partial charge in [-0.2, -0.15) is 0 Å². The van der Waals surface area contributed by atoms with E-state index in [9.17, 15) is 26.0 Å². The number of sulfonamides is 1. The van der Waals surface area contributed by atoms with Gasteiger partial charge in [0.25, 0.3) is 0 Å². The third kappa shape index (κ3) is 3.91. The van der Waals surface area contributed by atoms with Crippen molar-refractivity contribution >= 4 is 38.3 Å². The highest BCUT2D eigenvalue weighted by Gasteiger charge is 2.37. The molecular formula is C16H12F4INO2S. The number of benzene rings is 2. The fraction of sp³-hybridized carbons (Fsp3) is 0.250. The van der Waals surface area contributed by atoms with E-state index in [0.717, 1.165) is 0 Å². The average molecular weight is 485 g/mol. The second kappa shape index (κ2) is 6.75. The molecule has 0 atom stereocenters. The van der Waals surface area contributed by atoms with E-state index in [0.29, 0.717) is 16.4 Å². The van der Waals surface area contributed by atoms with Crippen molar-refractivity contribution in [1.82, 2.24) is 0 Å². The standard InChI is InChI=1S/C16H12F4INO2S/c17-12-6-9(21)2-1-8(12)5-11-15(20)13(18)7-14(19)16(11)22-25(23,24)10-3-4-10/h1-2,6-7,10,22H,3-5H2. The Bertz CT molecular complexity index is 946. The first-order valence-electron chi connectivity index (χ1n) is 7.31. The van der Waals surface area contributed by atoms with Gasteiger partial charge >= 0.3 is 0 Å². The molecule has 1 N–H and O–H groups in total. The van der Waals surface area contributed by atoms with Crippen LogP contribution in [0.1, 0.15) is 24.0 Å². The van der Waals surface area contributed by atoms with Crippen LogP contribution in [0.25, 0.3) is 0 Å². The minimum atomic E-state index is -3.90. The van der Waals surface area contributed by atoms with Crippen LogP contribution in [0.5, 0.6) is 0 Å². The molecule has 0 heterocycles. The molecule has 0 unspecified atom stereocenters. The molecule has 1 aliphatic rings. The van der Waals surface area contributed by atoms with Crippen molar-refractivity contribution in [3.63, 3.8) is 0 Å². The molecule has 0 amide bonds. The first-order valence-corrected chi connectivity index (χ1v) is 9.93. The zero-order chi connectivity index (χ0) is 18.4. The summed E-state index contributed by atoms with van der Waals surface area (Å²) in [4.78, 5) is 0. The minimum absolute atomic E-state index is 0.00353. The Morgan fingerprint density at radius 1 is 1.04 bits per heavy atom. The summed E-state index contributed by atoms with van der Waals surface area (Å²) in [6, 6.07) is 4.38. The van der Waals surface area contributed by atoms with E-state index in [1.165, 1.54) is 12.1 Å². The van der Waals surface area contributed by atoms with E-state index in [4.69, 9.17) is 0 Å². The van der Waals surface area contributed by atoms with E-state index < -0.39 is 56.2 Å². The smallest absolute Gasteiger partial charge is 0.235 e. The van der Waals surface area contributed by atoms with Crippen LogP contribution in [0.2, 0.25) is 0 Å². The molecule has 3 rings (SSSR count). The van der Waals surface area contributed by atoms with E-state index in [1.807, 2.05) is 27.3 Å². The minimum Gasteiger partial charge on any atom is -0.280 e. The van der Waals surface area contributed by atoms with Crippen molar-refractivity contribution < 1.29 is 26.0 Å². The Labute approximate surface area is 155 Å². The topological polar surface area (TPSA) is 46.2 Å². The van der Waals surface area contributed by atoms with Crippen LogP contribution in [-0.4, -0.2) is 13.7 Å². The summed E-state index contributed by atoms with van der Waals surface area (Å²) in [5.41, 5.74) is -1.25. The van der Waals surface area contributed by atoms with Gasteiger partial charge in [-0.1, -0.05) is 6.07 Å². The fourth-order valence-corrected chi connectivity index (χ4v) is 4.26. The number of rotatable bonds is 5. The molecule has 1 saturated carbocycles. The Hall–Kier alpha value is -1.36. The predicted molar refractivity (Wildman–Crippen MR) is 93.8 cm³/mol. The van der Waals surface area contributed by atoms with Crippen molar-refractivity contribution in [2.45, 2.75) is 24.5 Å². The molecule has 0 radical (unpaired) electrons. The fourth-order valence-electron chi connectivity index (χ4n) is 2.38.